The van der Waals surface area contributed by atoms with Crippen molar-refractivity contribution in [2.75, 3.05) is 104 Å². The van der Waals surface area contributed by atoms with Crippen molar-refractivity contribution < 1.29 is 192 Å². The van der Waals surface area contributed by atoms with E-state index in [0.29, 0.717) is 73.4 Å². The summed E-state index contributed by atoms with van der Waals surface area (Å²) in [6.07, 6.45) is 11.6. The van der Waals surface area contributed by atoms with Crippen molar-refractivity contribution in [1.29, 1.82) is 0 Å². The third-order valence-electron chi connectivity index (χ3n) is 26.9. The van der Waals surface area contributed by atoms with Crippen LogP contribution in [-0.4, -0.2) is 212 Å². The number of aromatic amines is 1. The molecule has 28 nitrogen and oxygen atoms in total. The number of hydrogen-bond acceptors (Lipinski definition) is 23. The number of nitro benzene ring substituents is 2. The van der Waals surface area contributed by atoms with Crippen LogP contribution in [0.4, 0.5) is 147 Å². The molecule has 139 heavy (non-hydrogen) atoms. The third-order valence-corrected chi connectivity index (χ3v) is 26.9. The molecule has 15 atom stereocenters. The number of ether oxygens (including phenoxy) is 7. The van der Waals surface area contributed by atoms with Gasteiger partial charge >= 0.3 is 30.1 Å². The van der Waals surface area contributed by atoms with E-state index < -0.39 is 103 Å². The molecule has 1 aromatic heterocycles. The number of fused-ring (bicyclic) bond motifs is 7. The number of aliphatic hydroxyl groups is 2. The monoisotopic (exact) mass is 2040 g/mol. The number of amides is 2. The number of nitrogens with one attached hydrogen (secondary N) is 3. The highest BCUT2D eigenvalue weighted by Crippen LogP contribution is 2.70. The number of carbonyl (C=O) groups excluding carboxylic acids is 5. The summed E-state index contributed by atoms with van der Waals surface area (Å²) < 4.78 is 234. The molecule has 5 N–H and O–H groups in total. The number of likely N-dealkylation sites (N-methyl/N-ethyl adjacent to an activating group) is 2. The molecule has 782 valence electrons. The zero-order valence-corrected chi connectivity index (χ0v) is 75.0. The number of anilines is 2. The van der Waals surface area contributed by atoms with Gasteiger partial charge in [-0.3, -0.25) is 54.0 Å². The van der Waals surface area contributed by atoms with E-state index in [1.807, 2.05) is 44.4 Å². The van der Waals surface area contributed by atoms with Crippen LogP contribution in [0.25, 0.3) is 10.9 Å². The second-order valence-electron chi connectivity index (χ2n) is 32.3. The maximum absolute atomic E-state index is 15.5. The molecule has 9 heterocycles. The van der Waals surface area contributed by atoms with Gasteiger partial charge in [0, 0.05) is 274 Å². The maximum atomic E-state index is 15.5. The number of methoxy groups -OCH3 is 3. The first-order valence-electron chi connectivity index (χ1n) is 40.8. The van der Waals surface area contributed by atoms with Gasteiger partial charge in [-0.1, -0.05) is 88.4 Å². The van der Waals surface area contributed by atoms with Crippen molar-refractivity contribution in [3.05, 3.63) is 198 Å². The Labute approximate surface area is 778 Å². The van der Waals surface area contributed by atoms with E-state index in [-0.39, 0.29) is 67.8 Å². The normalized spacial score (nSPS) is 25.8. The molecule has 10 aliphatic rings. The average molecular weight is 2040 g/mol. The predicted molar refractivity (Wildman–Crippen MR) is 455 cm³/mol. The molecule has 16 rings (SSSR count). The Hall–Kier alpha value is -12.1. The van der Waals surface area contributed by atoms with Crippen LogP contribution < -0.4 is 29.9 Å². The number of alkyl carbamates (subject to hydrolysis) is 2. The lowest BCUT2D eigenvalue weighted by atomic mass is 9.47. The summed E-state index contributed by atoms with van der Waals surface area (Å²) in [5.74, 6) is -0.309. The SMILES string of the molecule is C.CCC1=C[C@@H]2CN(CCc3c([nH]c4ccccc34)[C@@](C(=O)OC)(c3cc4c(cc3OC)N(C)[C@H]3[C@@](O)(CNC(=O)OCc5ccc([N+](=O)[O-])cc5)[C@H](OC(C)=O)[C@]5(CC)C=CCN6CC[C@]43[C@@H]65)C2)C1.CC[C@]12C=CCN3CC[C@@]4(c5ccc(OC)cc5N(C)[C@H]4[C@@](O)(CNC(=O)OCc4ccc([N+](=O)[O-])cc4)[C@@H]1OC(C)=O)[C@@H]32.F.FF.FF.FF.FF.FF.FF.FF.FF.FF.FF.FF.FF. The number of hydrogen-bond donors (Lipinski definition) is 5. The minimum atomic E-state index is -1.93. The van der Waals surface area contributed by atoms with Gasteiger partial charge in [0.1, 0.15) is 53.5 Å². The fourth-order valence-corrected chi connectivity index (χ4v) is 22.9. The fourth-order valence-electron chi connectivity index (χ4n) is 22.9. The Bertz CT molecular complexity index is 4970. The topological polar surface area (TPSA) is 333 Å². The van der Waals surface area contributed by atoms with Crippen LogP contribution in [-0.2, 0) is 73.9 Å². The number of aromatic nitrogens is 1. The molecule has 1 unspecified atom stereocenters. The first-order chi connectivity index (χ1) is 66.2. The van der Waals surface area contributed by atoms with Gasteiger partial charge in [-0.15, -0.1) is 0 Å². The first-order valence-corrected chi connectivity index (χ1v) is 40.8. The van der Waals surface area contributed by atoms with Gasteiger partial charge in [0.25, 0.3) is 11.4 Å². The lowest BCUT2D eigenvalue weighted by molar-refractivity contribution is -0.385. The minimum Gasteiger partial charge on any atom is -0.497 e. The molecule has 2 saturated carbocycles. The molecular formula is C86H105F25N10O18. The van der Waals surface area contributed by atoms with Gasteiger partial charge in [-0.05, 0) is 134 Å². The second-order valence-corrected chi connectivity index (χ2v) is 32.3. The Morgan fingerprint density at radius 2 is 0.978 bits per heavy atom. The number of rotatable bonds is 19. The number of para-hydroxylation sites is 1. The van der Waals surface area contributed by atoms with Crippen molar-refractivity contribution in [3.8, 4) is 11.5 Å². The van der Waals surface area contributed by atoms with E-state index in [0.717, 1.165) is 90.2 Å². The molecular weight excluding hydrogens is 1940 g/mol. The van der Waals surface area contributed by atoms with E-state index in [4.69, 9.17) is 143 Å². The van der Waals surface area contributed by atoms with Crippen LogP contribution in [0.5, 0.6) is 11.5 Å². The fraction of sp³-hybridized carbons (Fsp3) is 0.500. The van der Waals surface area contributed by atoms with Gasteiger partial charge < -0.3 is 68.8 Å². The summed E-state index contributed by atoms with van der Waals surface area (Å²) in [6, 6.07) is 28.2. The average Bonchev–Trinajstić information content (AvgIpc) is 1.49. The third kappa shape index (κ3) is 23.6. The maximum Gasteiger partial charge on any atom is 0.407 e. The summed E-state index contributed by atoms with van der Waals surface area (Å²) in [5, 5.41) is 55.9. The van der Waals surface area contributed by atoms with Crippen LogP contribution in [0, 0.1) is 37.0 Å². The molecule has 2 spiro atoms. The van der Waals surface area contributed by atoms with Gasteiger partial charge in [-0.2, -0.15) is 0 Å². The van der Waals surface area contributed by atoms with Crippen molar-refractivity contribution in [2.24, 2.45) is 16.7 Å². The van der Waals surface area contributed by atoms with Crippen molar-refractivity contribution in [3.63, 3.8) is 0 Å². The lowest BCUT2D eigenvalue weighted by Gasteiger charge is -2.64. The number of carbonyl (C=O) groups is 5. The van der Waals surface area contributed by atoms with Gasteiger partial charge in [0.2, 0.25) is 0 Å². The number of esters is 3. The van der Waals surface area contributed by atoms with E-state index in [1.54, 1.807) is 14.2 Å². The van der Waals surface area contributed by atoms with Crippen LogP contribution in [0.15, 0.2) is 139 Å². The highest BCUT2D eigenvalue weighted by molar-refractivity contribution is 5.94. The van der Waals surface area contributed by atoms with E-state index in [2.05, 4.69) is 116 Å². The molecule has 8 aliphatic heterocycles. The van der Waals surface area contributed by atoms with E-state index in [9.17, 15) is 49.6 Å². The molecule has 0 radical (unpaired) electrons. The second kappa shape index (κ2) is 57.4. The summed E-state index contributed by atoms with van der Waals surface area (Å²) >= 11 is 0. The highest BCUT2D eigenvalue weighted by atomic mass is 20.0. The molecule has 53 heteroatoms. The van der Waals surface area contributed by atoms with Crippen molar-refractivity contribution in [1.82, 2.24) is 30.3 Å². The predicted octanol–water partition coefficient (Wildman–Crippen LogP) is 20.6. The molecule has 2 bridgehead atoms. The Morgan fingerprint density at radius 1 is 0.547 bits per heavy atom. The van der Waals surface area contributed by atoms with Gasteiger partial charge in [-0.25, -0.2) is 9.59 Å². The van der Waals surface area contributed by atoms with Gasteiger partial charge in [0.15, 0.2) is 0 Å². The zero-order valence-electron chi connectivity index (χ0n) is 75.0. The Kier molecular flexibility index (Phi) is 51.6. The number of halogens is 25. The smallest absolute Gasteiger partial charge is 0.407 e. The van der Waals surface area contributed by atoms with Crippen LogP contribution in [0.3, 0.4) is 0 Å². The molecule has 2 aliphatic carbocycles. The number of H-pyrrole nitrogens is 1. The van der Waals surface area contributed by atoms with Gasteiger partial charge in [0.05, 0.1) is 56.3 Å². The van der Waals surface area contributed by atoms with Crippen LogP contribution >= 0.6 is 0 Å². The Morgan fingerprint density at radius 3 is 1.38 bits per heavy atom. The van der Waals surface area contributed by atoms with E-state index >= 15 is 4.79 Å². The summed E-state index contributed by atoms with van der Waals surface area (Å²) in [4.78, 5) is 105. The standard InChI is InChI=1S/C53H62N6O10.C32H38N4O8.CH4.12F2.FH/c1-7-33-24-35-27-52(48(61)67-6,44-38(18-22-57(28-33)29-35)37-12-9-10-13-41(37)55-44)40-25-39-42(26-43(40)66-5)56(4)46-51(39)20-23-58-21-11-19-50(8-2,45(51)58)47(69-32(3)60)53(46,63)31-54-49(62)68-30-34-14-16-36(17-15-34)59(64)65;1-5-30-13-6-15-35-16-14-31(26(30)35)24-12-11-23(42-4)17-25(24)34(3)27(31)32(39,28(30)44-20(2)37)19-33-29(38)43-18-21-7-9-22(10-8-21)36(40)41;;12*1-2;/h9-17,19,24-26,35,45-47,55,63H,7-8,18,20-23,27-31H2,1-6H3,(H,54,62);6-13,17,26-28,39H,5,14-16,18-19H2,1-4H3,(H,33,38);1H4;;;;;;;;;;;;;1H/t35-,45-,46+,47+,50+,51+,52-,53-;26-,27+,28+,30+,31+,32-;;;;;;;;;;;;;;/m00............../s1. The van der Waals surface area contributed by atoms with Crippen molar-refractivity contribution in [2.45, 2.75) is 164 Å². The quantitative estimate of drug-likeness (QED) is 0.0126. The van der Waals surface area contributed by atoms with Crippen LogP contribution in [0.2, 0.25) is 0 Å². The highest BCUT2D eigenvalue weighted by Gasteiger charge is 2.80. The van der Waals surface area contributed by atoms with Crippen molar-refractivity contribution >= 4 is 63.7 Å². The minimum absolute atomic E-state index is 0. The summed E-state index contributed by atoms with van der Waals surface area (Å²) in [5.41, 5.74) is 1.41. The molecule has 2 saturated heterocycles. The number of nitrogens with zero attached hydrogens (tertiary/aromatic N) is 7. The number of non-ortho nitro benzene ring substituents is 2. The molecule has 2 amide bonds. The van der Waals surface area contributed by atoms with E-state index in [1.165, 1.54) is 75.1 Å². The van der Waals surface area contributed by atoms with Crippen LogP contribution in [0.1, 0.15) is 120 Å². The number of benzene rings is 5. The molecule has 6 aromatic rings. The zero-order chi connectivity index (χ0) is 104. The molecule has 5 aromatic carbocycles. The largest absolute Gasteiger partial charge is 0.497 e. The summed E-state index contributed by atoms with van der Waals surface area (Å²) in [7, 11) is 8.56. The lowest BCUT2D eigenvalue weighted by Crippen LogP contribution is -2.81. The number of nitro groups is 2. The Balaban J connectivity index is 0.00000119. The first kappa shape index (κ1) is 125. The summed E-state index contributed by atoms with van der Waals surface area (Å²) in [6.45, 7) is 13.4. The molecule has 4 fully saturated rings.